The number of methoxy groups -OCH3 is 1. The van der Waals surface area contributed by atoms with Gasteiger partial charge in [0, 0.05) is 25.7 Å². The van der Waals surface area contributed by atoms with Crippen LogP contribution in [0.1, 0.15) is 39.5 Å². The molecule has 4 heteroatoms. The summed E-state index contributed by atoms with van der Waals surface area (Å²) in [6.45, 7) is 7.99. The molecule has 0 bridgehead atoms. The SMILES string of the molecule is CCN1CCC[C@@H]1[C@H]1CCCN1C(=O)[C@H](C)COC. The van der Waals surface area contributed by atoms with Crippen LogP contribution in [0.25, 0.3) is 0 Å². The van der Waals surface area contributed by atoms with Crippen LogP contribution in [0.15, 0.2) is 0 Å². The summed E-state index contributed by atoms with van der Waals surface area (Å²) in [4.78, 5) is 17.2. The molecular weight excluding hydrogens is 240 g/mol. The lowest BCUT2D eigenvalue weighted by Gasteiger charge is -2.35. The first-order valence-corrected chi connectivity index (χ1v) is 7.72. The summed E-state index contributed by atoms with van der Waals surface area (Å²) in [6.07, 6.45) is 4.86. The van der Waals surface area contributed by atoms with Gasteiger partial charge in [-0.3, -0.25) is 9.69 Å². The van der Waals surface area contributed by atoms with Gasteiger partial charge < -0.3 is 9.64 Å². The second kappa shape index (κ2) is 6.71. The van der Waals surface area contributed by atoms with Gasteiger partial charge in [-0.05, 0) is 38.8 Å². The van der Waals surface area contributed by atoms with Crippen molar-refractivity contribution in [2.45, 2.75) is 51.6 Å². The average molecular weight is 268 g/mol. The first-order valence-electron chi connectivity index (χ1n) is 7.72. The number of carbonyl (C=O) groups excluding carboxylic acids is 1. The van der Waals surface area contributed by atoms with E-state index in [4.69, 9.17) is 4.74 Å². The lowest BCUT2D eigenvalue weighted by molar-refractivity contribution is -0.138. The van der Waals surface area contributed by atoms with E-state index < -0.39 is 0 Å². The minimum Gasteiger partial charge on any atom is -0.384 e. The van der Waals surface area contributed by atoms with Crippen molar-refractivity contribution in [2.75, 3.05) is 33.4 Å². The van der Waals surface area contributed by atoms with Gasteiger partial charge in [-0.1, -0.05) is 13.8 Å². The summed E-state index contributed by atoms with van der Waals surface area (Å²) in [6, 6.07) is 1.03. The molecule has 2 aliphatic rings. The highest BCUT2D eigenvalue weighted by molar-refractivity contribution is 5.79. The Morgan fingerprint density at radius 3 is 2.63 bits per heavy atom. The van der Waals surface area contributed by atoms with E-state index in [1.165, 1.54) is 25.8 Å². The summed E-state index contributed by atoms with van der Waals surface area (Å²) in [5, 5.41) is 0. The van der Waals surface area contributed by atoms with Gasteiger partial charge in [0.05, 0.1) is 12.5 Å². The van der Waals surface area contributed by atoms with E-state index in [9.17, 15) is 4.79 Å². The average Bonchev–Trinajstić information content (AvgIpc) is 3.05. The second-order valence-electron chi connectivity index (χ2n) is 5.94. The van der Waals surface area contributed by atoms with E-state index in [0.29, 0.717) is 18.7 Å². The molecule has 4 nitrogen and oxygen atoms in total. The first-order chi connectivity index (χ1) is 9.19. The molecule has 1 amide bonds. The molecule has 0 radical (unpaired) electrons. The molecule has 0 aromatic rings. The molecule has 2 rings (SSSR count). The molecule has 2 heterocycles. The predicted molar refractivity (Wildman–Crippen MR) is 76.0 cm³/mol. The lowest BCUT2D eigenvalue weighted by atomic mass is 10.0. The third-order valence-electron chi connectivity index (χ3n) is 4.69. The third kappa shape index (κ3) is 3.11. The molecule has 0 spiro atoms. The van der Waals surface area contributed by atoms with E-state index in [0.717, 1.165) is 19.5 Å². The molecule has 2 aliphatic heterocycles. The number of likely N-dealkylation sites (N-methyl/N-ethyl adjacent to an activating group) is 1. The number of hydrogen-bond donors (Lipinski definition) is 0. The van der Waals surface area contributed by atoms with Gasteiger partial charge in [-0.25, -0.2) is 0 Å². The lowest BCUT2D eigenvalue weighted by Crippen LogP contribution is -2.49. The Hall–Kier alpha value is -0.610. The molecule has 2 fully saturated rings. The molecule has 2 saturated heterocycles. The van der Waals surface area contributed by atoms with Gasteiger partial charge in [0.1, 0.15) is 0 Å². The Bertz CT molecular complexity index is 309. The number of likely N-dealkylation sites (tertiary alicyclic amines) is 2. The van der Waals surface area contributed by atoms with E-state index in [1.807, 2.05) is 6.92 Å². The molecule has 0 saturated carbocycles. The zero-order valence-electron chi connectivity index (χ0n) is 12.6. The monoisotopic (exact) mass is 268 g/mol. The van der Waals surface area contributed by atoms with Crippen LogP contribution in [0.3, 0.4) is 0 Å². The van der Waals surface area contributed by atoms with E-state index in [-0.39, 0.29) is 11.8 Å². The Balaban J connectivity index is 2.02. The predicted octanol–water partition coefficient (Wildman–Crippen LogP) is 1.74. The number of carbonyl (C=O) groups is 1. The van der Waals surface area contributed by atoms with E-state index in [1.54, 1.807) is 7.11 Å². The molecular formula is C15H28N2O2. The number of ether oxygens (including phenoxy) is 1. The van der Waals surface area contributed by atoms with Crippen LogP contribution in [-0.4, -0.2) is 61.1 Å². The van der Waals surface area contributed by atoms with Crippen LogP contribution >= 0.6 is 0 Å². The Kier molecular flexibility index (Phi) is 5.22. The minimum absolute atomic E-state index is 0.0120. The van der Waals surface area contributed by atoms with Crippen LogP contribution in [0.2, 0.25) is 0 Å². The van der Waals surface area contributed by atoms with Crippen LogP contribution in [0.4, 0.5) is 0 Å². The molecule has 0 aromatic heterocycles. The number of amides is 1. The Labute approximate surface area is 117 Å². The van der Waals surface area contributed by atoms with Crippen molar-refractivity contribution in [3.8, 4) is 0 Å². The first kappa shape index (κ1) is 14.8. The van der Waals surface area contributed by atoms with Crippen molar-refractivity contribution >= 4 is 5.91 Å². The highest BCUT2D eigenvalue weighted by atomic mass is 16.5. The van der Waals surface area contributed by atoms with Crippen molar-refractivity contribution in [3.05, 3.63) is 0 Å². The molecule has 0 aliphatic carbocycles. The minimum atomic E-state index is -0.0120. The summed E-state index contributed by atoms with van der Waals surface area (Å²) < 4.78 is 5.13. The highest BCUT2D eigenvalue weighted by Gasteiger charge is 2.39. The summed E-state index contributed by atoms with van der Waals surface area (Å²) in [7, 11) is 1.67. The summed E-state index contributed by atoms with van der Waals surface area (Å²) in [5.74, 6) is 0.273. The fourth-order valence-electron chi connectivity index (χ4n) is 3.75. The van der Waals surface area contributed by atoms with Crippen molar-refractivity contribution in [3.63, 3.8) is 0 Å². The van der Waals surface area contributed by atoms with E-state index in [2.05, 4.69) is 16.7 Å². The van der Waals surface area contributed by atoms with Crippen molar-refractivity contribution in [1.29, 1.82) is 0 Å². The van der Waals surface area contributed by atoms with Crippen LogP contribution in [0, 0.1) is 5.92 Å². The quantitative estimate of drug-likeness (QED) is 0.761. The zero-order valence-corrected chi connectivity index (χ0v) is 12.6. The number of nitrogens with zero attached hydrogens (tertiary/aromatic N) is 2. The highest BCUT2D eigenvalue weighted by Crippen LogP contribution is 2.30. The van der Waals surface area contributed by atoms with Crippen LogP contribution in [-0.2, 0) is 9.53 Å². The normalized spacial score (nSPS) is 29.9. The van der Waals surface area contributed by atoms with E-state index >= 15 is 0 Å². The van der Waals surface area contributed by atoms with Gasteiger partial charge in [-0.15, -0.1) is 0 Å². The molecule has 0 aromatic carbocycles. The molecule has 0 unspecified atom stereocenters. The molecule has 19 heavy (non-hydrogen) atoms. The zero-order chi connectivity index (χ0) is 13.8. The van der Waals surface area contributed by atoms with Crippen molar-refractivity contribution < 1.29 is 9.53 Å². The Morgan fingerprint density at radius 1 is 1.26 bits per heavy atom. The van der Waals surface area contributed by atoms with Crippen molar-refractivity contribution in [2.24, 2.45) is 5.92 Å². The molecule has 110 valence electrons. The maximum atomic E-state index is 12.5. The fraction of sp³-hybridized carbons (Fsp3) is 0.933. The van der Waals surface area contributed by atoms with Gasteiger partial charge in [0.25, 0.3) is 0 Å². The molecule has 0 N–H and O–H groups in total. The number of rotatable bonds is 5. The largest absolute Gasteiger partial charge is 0.384 e. The van der Waals surface area contributed by atoms with Gasteiger partial charge in [0.2, 0.25) is 5.91 Å². The smallest absolute Gasteiger partial charge is 0.228 e. The fourth-order valence-corrected chi connectivity index (χ4v) is 3.75. The van der Waals surface area contributed by atoms with Gasteiger partial charge in [0.15, 0.2) is 0 Å². The maximum Gasteiger partial charge on any atom is 0.228 e. The summed E-state index contributed by atoms with van der Waals surface area (Å²) >= 11 is 0. The summed E-state index contributed by atoms with van der Waals surface area (Å²) in [5.41, 5.74) is 0. The maximum absolute atomic E-state index is 12.5. The van der Waals surface area contributed by atoms with Gasteiger partial charge in [-0.2, -0.15) is 0 Å². The third-order valence-corrected chi connectivity index (χ3v) is 4.69. The van der Waals surface area contributed by atoms with Crippen LogP contribution < -0.4 is 0 Å². The molecule has 3 atom stereocenters. The topological polar surface area (TPSA) is 32.8 Å². The van der Waals surface area contributed by atoms with Crippen LogP contribution in [0.5, 0.6) is 0 Å². The second-order valence-corrected chi connectivity index (χ2v) is 5.94. The number of hydrogen-bond acceptors (Lipinski definition) is 3. The van der Waals surface area contributed by atoms with Crippen molar-refractivity contribution in [1.82, 2.24) is 9.80 Å². The standard InChI is InChI=1S/C15H28N2O2/c1-4-16-9-5-7-13(16)14-8-6-10-17(14)15(18)12(2)11-19-3/h12-14H,4-11H2,1-3H3/t12-,13-,14-/m1/s1. The Morgan fingerprint density at radius 2 is 1.95 bits per heavy atom. The van der Waals surface area contributed by atoms with Gasteiger partial charge >= 0.3 is 0 Å².